The Morgan fingerprint density at radius 1 is 1.35 bits per heavy atom. The van der Waals surface area contributed by atoms with Crippen LogP contribution in [0.25, 0.3) is 0 Å². The van der Waals surface area contributed by atoms with Gasteiger partial charge in [-0.3, -0.25) is 4.79 Å². The van der Waals surface area contributed by atoms with Crippen LogP contribution < -0.4 is 11.1 Å². The summed E-state index contributed by atoms with van der Waals surface area (Å²) in [5.41, 5.74) is 6.32. The first kappa shape index (κ1) is 17.2. The largest absolute Gasteiger partial charge is 0.348 e. The lowest BCUT2D eigenvalue weighted by Gasteiger charge is -2.22. The summed E-state index contributed by atoms with van der Waals surface area (Å²) in [5, 5.41) is 3.00. The molecule has 1 aromatic rings. The molecule has 0 aliphatic carbocycles. The van der Waals surface area contributed by atoms with Gasteiger partial charge in [0.15, 0.2) is 0 Å². The van der Waals surface area contributed by atoms with Gasteiger partial charge in [-0.1, -0.05) is 43.5 Å². The van der Waals surface area contributed by atoms with Crippen LogP contribution >= 0.6 is 23.2 Å². The lowest BCUT2D eigenvalue weighted by molar-refractivity contribution is -0.124. The monoisotopic (exact) mass is 320 g/mol. The molecule has 3 unspecified atom stereocenters. The van der Waals surface area contributed by atoms with Crippen LogP contribution in [0.2, 0.25) is 10.0 Å². The normalized spacial score (nSPS) is 15.6. The van der Waals surface area contributed by atoms with Gasteiger partial charge >= 0.3 is 0 Å². The molecular weight excluding hydrogens is 302 g/mol. The number of carbonyl (C=O) groups excluding carboxylic acids is 1. The zero-order valence-electron chi connectivity index (χ0n) is 11.7. The molecule has 0 aromatic heterocycles. The average molecular weight is 321 g/mol. The first-order chi connectivity index (χ1) is 9.27. The number of benzene rings is 1. The summed E-state index contributed by atoms with van der Waals surface area (Å²) >= 11 is 11.7. The van der Waals surface area contributed by atoms with Gasteiger partial charge in [-0.2, -0.15) is 0 Å². The summed E-state index contributed by atoms with van der Waals surface area (Å²) in [4.78, 5) is 12.0. The third-order valence-electron chi connectivity index (χ3n) is 3.42. The molecule has 3 nitrogen and oxygen atoms in total. The van der Waals surface area contributed by atoms with Gasteiger partial charge < -0.3 is 11.1 Å². The quantitative estimate of drug-likeness (QED) is 0.813. The highest BCUT2D eigenvalue weighted by Gasteiger charge is 2.22. The molecule has 112 valence electrons. The van der Waals surface area contributed by atoms with Crippen molar-refractivity contribution in [1.82, 2.24) is 5.32 Å². The SMILES string of the molecule is CCC(C)C(N)C(=O)NC(C)c1cc(F)c(Cl)cc1Cl. The first-order valence-corrected chi connectivity index (χ1v) is 7.23. The van der Waals surface area contributed by atoms with Gasteiger partial charge in [0, 0.05) is 5.02 Å². The molecule has 6 heteroatoms. The zero-order chi connectivity index (χ0) is 15.4. The average Bonchev–Trinajstić information content (AvgIpc) is 2.40. The fourth-order valence-corrected chi connectivity index (χ4v) is 2.32. The number of hydrogen-bond acceptors (Lipinski definition) is 2. The van der Waals surface area contributed by atoms with Crippen molar-refractivity contribution in [3.8, 4) is 0 Å². The maximum atomic E-state index is 13.5. The number of nitrogens with two attached hydrogens (primary N) is 1. The van der Waals surface area contributed by atoms with E-state index in [0.29, 0.717) is 10.6 Å². The maximum absolute atomic E-state index is 13.5. The Morgan fingerprint density at radius 2 is 1.95 bits per heavy atom. The molecule has 0 saturated heterocycles. The summed E-state index contributed by atoms with van der Waals surface area (Å²) in [6.45, 7) is 5.59. The lowest BCUT2D eigenvalue weighted by atomic mass is 9.98. The van der Waals surface area contributed by atoms with Gasteiger partial charge in [-0.05, 0) is 30.5 Å². The van der Waals surface area contributed by atoms with E-state index in [-0.39, 0.29) is 16.8 Å². The van der Waals surface area contributed by atoms with Crippen LogP contribution in [0.4, 0.5) is 4.39 Å². The van der Waals surface area contributed by atoms with Crippen LogP contribution in [-0.2, 0) is 4.79 Å². The van der Waals surface area contributed by atoms with E-state index in [1.54, 1.807) is 6.92 Å². The van der Waals surface area contributed by atoms with Crippen LogP contribution in [0.1, 0.15) is 38.8 Å². The fraction of sp³-hybridized carbons (Fsp3) is 0.500. The van der Waals surface area contributed by atoms with Crippen molar-refractivity contribution in [2.75, 3.05) is 0 Å². The van der Waals surface area contributed by atoms with Crippen LogP contribution in [0.15, 0.2) is 12.1 Å². The summed E-state index contributed by atoms with van der Waals surface area (Å²) in [7, 11) is 0. The van der Waals surface area contributed by atoms with Crippen molar-refractivity contribution < 1.29 is 9.18 Å². The van der Waals surface area contributed by atoms with Crippen molar-refractivity contribution in [2.24, 2.45) is 11.7 Å². The summed E-state index contributed by atoms with van der Waals surface area (Å²) in [5.74, 6) is -0.781. The second-order valence-corrected chi connectivity index (χ2v) is 5.74. The van der Waals surface area contributed by atoms with Crippen LogP contribution in [0.5, 0.6) is 0 Å². The van der Waals surface area contributed by atoms with Gasteiger partial charge in [-0.25, -0.2) is 4.39 Å². The van der Waals surface area contributed by atoms with Crippen molar-refractivity contribution in [3.05, 3.63) is 33.6 Å². The third kappa shape index (κ3) is 4.08. The minimum absolute atomic E-state index is 0.0476. The van der Waals surface area contributed by atoms with Crippen LogP contribution in [0.3, 0.4) is 0 Å². The van der Waals surface area contributed by atoms with Crippen LogP contribution in [-0.4, -0.2) is 11.9 Å². The van der Waals surface area contributed by atoms with E-state index in [2.05, 4.69) is 5.32 Å². The second kappa shape index (κ2) is 7.25. The van der Waals surface area contributed by atoms with E-state index in [0.717, 1.165) is 6.42 Å². The molecule has 0 bridgehead atoms. The fourth-order valence-electron chi connectivity index (χ4n) is 1.77. The molecule has 20 heavy (non-hydrogen) atoms. The molecule has 0 spiro atoms. The van der Waals surface area contributed by atoms with Gasteiger partial charge in [-0.15, -0.1) is 0 Å². The number of amides is 1. The standard InChI is InChI=1S/C14H19Cl2FN2O/c1-4-7(2)13(18)14(20)19-8(3)9-5-12(17)11(16)6-10(9)15/h5-8,13H,4,18H2,1-3H3,(H,19,20). The van der Waals surface area contributed by atoms with E-state index in [9.17, 15) is 9.18 Å². The first-order valence-electron chi connectivity index (χ1n) is 6.48. The molecule has 3 atom stereocenters. The Balaban J connectivity index is 2.84. The lowest BCUT2D eigenvalue weighted by Crippen LogP contribution is -2.45. The molecule has 3 N–H and O–H groups in total. The highest BCUT2D eigenvalue weighted by atomic mass is 35.5. The number of nitrogens with one attached hydrogen (secondary N) is 1. The van der Waals surface area contributed by atoms with Crippen molar-refractivity contribution in [3.63, 3.8) is 0 Å². The third-order valence-corrected chi connectivity index (χ3v) is 4.04. The molecule has 1 aromatic carbocycles. The van der Waals surface area contributed by atoms with E-state index in [4.69, 9.17) is 28.9 Å². The predicted molar refractivity (Wildman–Crippen MR) is 80.4 cm³/mol. The summed E-state index contributed by atoms with van der Waals surface area (Å²) in [6.07, 6.45) is 0.805. The molecule has 0 fully saturated rings. The minimum atomic E-state index is -0.599. The van der Waals surface area contributed by atoms with E-state index in [1.807, 2.05) is 13.8 Å². The highest BCUT2D eigenvalue weighted by molar-refractivity contribution is 6.35. The number of hydrogen-bond donors (Lipinski definition) is 2. The topological polar surface area (TPSA) is 55.1 Å². The number of halogens is 3. The Hall–Kier alpha value is -0.840. The van der Waals surface area contributed by atoms with Gasteiger partial charge in [0.25, 0.3) is 0 Å². The molecular formula is C14H19Cl2FN2O. The van der Waals surface area contributed by atoms with Gasteiger partial charge in [0.05, 0.1) is 17.1 Å². The molecule has 0 radical (unpaired) electrons. The Morgan fingerprint density at radius 3 is 2.50 bits per heavy atom. The van der Waals surface area contributed by atoms with Gasteiger partial charge in [0.2, 0.25) is 5.91 Å². The van der Waals surface area contributed by atoms with Crippen molar-refractivity contribution in [2.45, 2.75) is 39.3 Å². The highest BCUT2D eigenvalue weighted by Crippen LogP contribution is 2.28. The summed E-state index contributed by atoms with van der Waals surface area (Å²) in [6, 6.07) is 1.50. The zero-order valence-corrected chi connectivity index (χ0v) is 13.2. The maximum Gasteiger partial charge on any atom is 0.237 e. The van der Waals surface area contributed by atoms with E-state index >= 15 is 0 Å². The summed E-state index contributed by atoms with van der Waals surface area (Å²) < 4.78 is 13.5. The van der Waals surface area contributed by atoms with Crippen molar-refractivity contribution >= 4 is 29.1 Å². The Labute approximate surface area is 128 Å². The number of rotatable bonds is 5. The Kier molecular flexibility index (Phi) is 6.24. The number of carbonyl (C=O) groups is 1. The molecule has 0 aliphatic rings. The van der Waals surface area contributed by atoms with E-state index in [1.165, 1.54) is 12.1 Å². The van der Waals surface area contributed by atoms with Crippen LogP contribution in [0, 0.1) is 11.7 Å². The van der Waals surface area contributed by atoms with E-state index < -0.39 is 17.9 Å². The minimum Gasteiger partial charge on any atom is -0.348 e. The predicted octanol–water partition coefficient (Wildman–Crippen LogP) is 3.68. The van der Waals surface area contributed by atoms with Crippen molar-refractivity contribution in [1.29, 1.82) is 0 Å². The smallest absolute Gasteiger partial charge is 0.237 e. The molecule has 1 rings (SSSR count). The second-order valence-electron chi connectivity index (χ2n) is 4.93. The molecule has 0 heterocycles. The molecule has 1 amide bonds. The Bertz CT molecular complexity index is 496. The molecule has 0 saturated carbocycles. The molecule has 0 aliphatic heterocycles. The van der Waals surface area contributed by atoms with Gasteiger partial charge in [0.1, 0.15) is 5.82 Å².